The predicted octanol–water partition coefficient (Wildman–Crippen LogP) is 3.01. The first-order chi connectivity index (χ1) is 15.5. The summed E-state index contributed by atoms with van der Waals surface area (Å²) in [6, 6.07) is 17.6. The molecule has 2 atom stereocenters. The van der Waals surface area contributed by atoms with Crippen molar-refractivity contribution in [1.82, 2.24) is 10.3 Å². The lowest BCUT2D eigenvalue weighted by atomic mass is 9.98. The van der Waals surface area contributed by atoms with Gasteiger partial charge in [0.2, 0.25) is 5.56 Å². The Morgan fingerprint density at radius 3 is 2.34 bits per heavy atom. The Morgan fingerprint density at radius 1 is 1.09 bits per heavy atom. The van der Waals surface area contributed by atoms with Crippen LogP contribution in [0.3, 0.4) is 0 Å². The number of alkyl carbamates (subject to hydrolysis) is 1. The molecule has 7 nitrogen and oxygen atoms in total. The molecule has 4 N–H and O–H groups in total. The number of H-pyrrole nitrogens is 1. The number of nitrogens with one attached hydrogen (secondary N) is 2. The quantitative estimate of drug-likeness (QED) is 0.457. The molecule has 166 valence electrons. The number of aliphatic hydroxyl groups excluding tert-OH is 2. The fourth-order valence-corrected chi connectivity index (χ4v) is 4.24. The van der Waals surface area contributed by atoms with Crippen molar-refractivity contribution in [3.8, 4) is 11.1 Å². The molecule has 0 fully saturated rings. The fraction of sp³-hybridized carbons (Fsp3) is 0.280. The molecule has 1 aliphatic rings. The Labute approximate surface area is 185 Å². The van der Waals surface area contributed by atoms with Gasteiger partial charge in [0, 0.05) is 30.3 Å². The number of aryl methyl sites for hydroxylation is 1. The number of ether oxygens (including phenoxy) is 1. The highest BCUT2D eigenvalue weighted by Gasteiger charge is 2.29. The molecule has 0 spiro atoms. The highest BCUT2D eigenvalue weighted by molar-refractivity contribution is 5.79. The van der Waals surface area contributed by atoms with E-state index in [0.717, 1.165) is 22.3 Å². The molecule has 0 saturated heterocycles. The van der Waals surface area contributed by atoms with Gasteiger partial charge in [0.05, 0.1) is 6.10 Å². The van der Waals surface area contributed by atoms with Gasteiger partial charge < -0.3 is 25.3 Å². The molecule has 32 heavy (non-hydrogen) atoms. The van der Waals surface area contributed by atoms with Gasteiger partial charge >= 0.3 is 6.09 Å². The van der Waals surface area contributed by atoms with Crippen LogP contribution < -0.4 is 10.9 Å². The predicted molar refractivity (Wildman–Crippen MR) is 120 cm³/mol. The average molecular weight is 434 g/mol. The van der Waals surface area contributed by atoms with E-state index < -0.39 is 18.3 Å². The fourth-order valence-electron chi connectivity index (χ4n) is 4.24. The van der Waals surface area contributed by atoms with Crippen molar-refractivity contribution >= 4 is 6.09 Å². The zero-order valence-electron chi connectivity index (χ0n) is 17.7. The number of pyridine rings is 1. The highest BCUT2D eigenvalue weighted by Crippen LogP contribution is 2.44. The summed E-state index contributed by atoms with van der Waals surface area (Å²) in [6.07, 6.45) is -1.33. The van der Waals surface area contributed by atoms with Crippen LogP contribution in [-0.2, 0) is 4.74 Å². The Bertz CT molecular complexity index is 1130. The maximum absolute atomic E-state index is 12.2. The van der Waals surface area contributed by atoms with Gasteiger partial charge in [-0.3, -0.25) is 4.79 Å². The van der Waals surface area contributed by atoms with Gasteiger partial charge in [-0.2, -0.15) is 0 Å². The number of rotatable bonds is 7. The van der Waals surface area contributed by atoms with Gasteiger partial charge in [-0.1, -0.05) is 48.5 Å². The summed E-state index contributed by atoms with van der Waals surface area (Å²) in [7, 11) is 0. The first-order valence-corrected chi connectivity index (χ1v) is 10.6. The summed E-state index contributed by atoms with van der Waals surface area (Å²) in [6.45, 7) is 2.04. The van der Waals surface area contributed by atoms with Crippen LogP contribution in [-0.4, -0.2) is 40.5 Å². The van der Waals surface area contributed by atoms with Gasteiger partial charge in [0.25, 0.3) is 0 Å². The number of fused-ring (bicyclic) bond motifs is 3. The minimum Gasteiger partial charge on any atom is -0.449 e. The Hall–Kier alpha value is -3.42. The Morgan fingerprint density at radius 2 is 1.72 bits per heavy atom. The van der Waals surface area contributed by atoms with Gasteiger partial charge in [-0.15, -0.1) is 0 Å². The molecule has 0 radical (unpaired) electrons. The largest absolute Gasteiger partial charge is 0.449 e. The summed E-state index contributed by atoms with van der Waals surface area (Å²) in [5.74, 6) is -0.0243. The van der Waals surface area contributed by atoms with Crippen molar-refractivity contribution < 1.29 is 19.7 Å². The monoisotopic (exact) mass is 434 g/mol. The van der Waals surface area contributed by atoms with Gasteiger partial charge in [0.15, 0.2) is 0 Å². The molecule has 1 heterocycles. The number of hydrogen-bond acceptors (Lipinski definition) is 5. The molecule has 7 heteroatoms. The first-order valence-electron chi connectivity index (χ1n) is 10.6. The second kappa shape index (κ2) is 9.38. The number of amides is 1. The third-order valence-corrected chi connectivity index (χ3v) is 5.91. The number of aliphatic hydroxyl groups is 2. The Balaban J connectivity index is 1.29. The molecule has 1 aromatic heterocycles. The number of hydrogen-bond donors (Lipinski definition) is 4. The molecular formula is C25H26N2O5. The number of aromatic amines is 1. The van der Waals surface area contributed by atoms with E-state index in [1.54, 1.807) is 6.92 Å². The molecule has 2 aromatic carbocycles. The summed E-state index contributed by atoms with van der Waals surface area (Å²) >= 11 is 0. The van der Waals surface area contributed by atoms with E-state index in [-0.39, 0.29) is 31.0 Å². The van der Waals surface area contributed by atoms with E-state index in [1.807, 2.05) is 24.3 Å². The second-order valence-electron chi connectivity index (χ2n) is 7.99. The van der Waals surface area contributed by atoms with E-state index in [1.165, 1.54) is 12.3 Å². The van der Waals surface area contributed by atoms with E-state index in [0.29, 0.717) is 11.1 Å². The van der Waals surface area contributed by atoms with Crippen molar-refractivity contribution in [2.24, 2.45) is 0 Å². The van der Waals surface area contributed by atoms with Crippen molar-refractivity contribution in [3.63, 3.8) is 0 Å². The average Bonchev–Trinajstić information content (AvgIpc) is 3.11. The third kappa shape index (κ3) is 4.44. The summed E-state index contributed by atoms with van der Waals surface area (Å²) < 4.78 is 5.46. The molecule has 0 bridgehead atoms. The van der Waals surface area contributed by atoms with Crippen LogP contribution in [0.5, 0.6) is 0 Å². The van der Waals surface area contributed by atoms with Gasteiger partial charge in [0.1, 0.15) is 12.7 Å². The second-order valence-corrected chi connectivity index (χ2v) is 7.99. The number of benzene rings is 2. The van der Waals surface area contributed by atoms with Gasteiger partial charge in [-0.25, -0.2) is 4.79 Å². The van der Waals surface area contributed by atoms with Crippen LogP contribution in [0.4, 0.5) is 4.79 Å². The van der Waals surface area contributed by atoms with Crippen LogP contribution in [0.25, 0.3) is 11.1 Å². The number of aromatic nitrogens is 1. The molecule has 4 rings (SSSR count). The molecule has 3 aromatic rings. The zero-order chi connectivity index (χ0) is 22.7. The van der Waals surface area contributed by atoms with E-state index in [4.69, 9.17) is 4.74 Å². The van der Waals surface area contributed by atoms with Crippen molar-refractivity contribution in [1.29, 1.82) is 0 Å². The Kier molecular flexibility index (Phi) is 6.39. The van der Waals surface area contributed by atoms with Crippen LogP contribution in [0.15, 0.2) is 65.6 Å². The molecule has 0 saturated carbocycles. The van der Waals surface area contributed by atoms with E-state index >= 15 is 0 Å². The lowest BCUT2D eigenvalue weighted by molar-refractivity contribution is 0.0131. The smallest absolute Gasteiger partial charge is 0.407 e. The molecular weight excluding hydrogens is 408 g/mol. The van der Waals surface area contributed by atoms with Crippen molar-refractivity contribution in [2.75, 3.05) is 13.2 Å². The zero-order valence-corrected chi connectivity index (χ0v) is 17.7. The van der Waals surface area contributed by atoms with Crippen LogP contribution in [0.2, 0.25) is 0 Å². The normalized spacial score (nSPS) is 14.3. The minimum atomic E-state index is -1.17. The summed E-state index contributed by atoms with van der Waals surface area (Å²) in [4.78, 5) is 26.0. The topological polar surface area (TPSA) is 112 Å². The van der Waals surface area contributed by atoms with Crippen molar-refractivity contribution in [3.05, 3.63) is 93.4 Å². The maximum atomic E-state index is 12.2. The molecule has 2 unspecified atom stereocenters. The SMILES string of the molecule is Cc1cc(=O)[nH]cc1C(O)C(O)CCNC(=O)OCC1c2ccccc2-c2ccccc21. The maximum Gasteiger partial charge on any atom is 0.407 e. The van der Waals surface area contributed by atoms with E-state index in [2.05, 4.69) is 34.6 Å². The van der Waals surface area contributed by atoms with E-state index in [9.17, 15) is 19.8 Å². The third-order valence-electron chi connectivity index (χ3n) is 5.91. The van der Waals surface area contributed by atoms with Gasteiger partial charge in [-0.05, 0) is 41.2 Å². The molecule has 0 aliphatic heterocycles. The van der Waals surface area contributed by atoms with Crippen LogP contribution in [0, 0.1) is 6.92 Å². The number of carbonyl (C=O) groups is 1. The first kappa shape index (κ1) is 21.8. The highest BCUT2D eigenvalue weighted by atomic mass is 16.5. The molecule has 1 aliphatic carbocycles. The minimum absolute atomic E-state index is 0.0243. The lowest BCUT2D eigenvalue weighted by Gasteiger charge is -2.20. The van der Waals surface area contributed by atoms with Crippen LogP contribution >= 0.6 is 0 Å². The van der Waals surface area contributed by atoms with Crippen LogP contribution in [0.1, 0.15) is 40.7 Å². The number of carbonyl (C=O) groups excluding carboxylic acids is 1. The lowest BCUT2D eigenvalue weighted by Crippen LogP contribution is -2.31. The summed E-state index contributed by atoms with van der Waals surface area (Å²) in [5.41, 5.74) is 5.35. The standard InChI is InChI=1S/C25H26N2O5/c1-15-12-23(29)27-13-20(15)24(30)22(28)10-11-26-25(31)32-14-21-18-8-4-2-6-16(18)17-7-3-5-9-19(17)21/h2-9,12-13,21-22,24,28,30H,10-11,14H2,1H3,(H,26,31)(H,27,29). The summed E-state index contributed by atoms with van der Waals surface area (Å²) in [5, 5.41) is 23.2. The van der Waals surface area contributed by atoms with Crippen molar-refractivity contribution in [2.45, 2.75) is 31.5 Å². The molecule has 1 amide bonds.